The lowest BCUT2D eigenvalue weighted by molar-refractivity contribution is -0.158. The van der Waals surface area contributed by atoms with Gasteiger partial charge in [0.15, 0.2) is 0 Å². The van der Waals surface area contributed by atoms with Crippen LogP contribution in [0, 0.1) is 17.8 Å². The van der Waals surface area contributed by atoms with Crippen LogP contribution >= 0.6 is 0 Å². The monoisotopic (exact) mass is 226 g/mol. The topological polar surface area (TPSA) is 63.6 Å². The van der Waals surface area contributed by atoms with Crippen molar-refractivity contribution in [3.63, 3.8) is 0 Å². The van der Waals surface area contributed by atoms with Crippen LogP contribution in [-0.4, -0.2) is 23.7 Å². The van der Waals surface area contributed by atoms with Gasteiger partial charge < -0.3 is 9.84 Å². The number of esters is 1. The minimum absolute atomic E-state index is 0.270. The van der Waals surface area contributed by atoms with E-state index in [1.54, 1.807) is 0 Å². The van der Waals surface area contributed by atoms with E-state index < -0.39 is 17.8 Å². The van der Waals surface area contributed by atoms with Crippen molar-refractivity contribution in [2.24, 2.45) is 17.8 Å². The van der Waals surface area contributed by atoms with Crippen LogP contribution in [0.2, 0.25) is 0 Å². The molecule has 0 bridgehead atoms. The highest BCUT2D eigenvalue weighted by molar-refractivity contribution is 5.81. The van der Waals surface area contributed by atoms with E-state index in [9.17, 15) is 9.59 Å². The average Bonchev–Trinajstić information content (AvgIpc) is 2.25. The van der Waals surface area contributed by atoms with E-state index in [4.69, 9.17) is 9.84 Å². The van der Waals surface area contributed by atoms with Gasteiger partial charge in [-0.1, -0.05) is 26.0 Å². The van der Waals surface area contributed by atoms with Crippen LogP contribution in [0.15, 0.2) is 12.2 Å². The lowest BCUT2D eigenvalue weighted by atomic mass is 9.83. The maximum atomic E-state index is 11.7. The zero-order valence-electron chi connectivity index (χ0n) is 9.68. The predicted molar refractivity (Wildman–Crippen MR) is 58.8 cm³/mol. The Bertz CT molecular complexity index is 293. The van der Waals surface area contributed by atoms with Gasteiger partial charge >= 0.3 is 11.9 Å². The molecule has 2 atom stereocenters. The Morgan fingerprint density at radius 2 is 1.88 bits per heavy atom. The second-order valence-electron chi connectivity index (χ2n) is 4.52. The molecule has 0 spiro atoms. The summed E-state index contributed by atoms with van der Waals surface area (Å²) < 4.78 is 5.09. The summed E-state index contributed by atoms with van der Waals surface area (Å²) in [4.78, 5) is 22.7. The Morgan fingerprint density at radius 1 is 1.31 bits per heavy atom. The highest BCUT2D eigenvalue weighted by Gasteiger charge is 2.35. The second-order valence-corrected chi connectivity index (χ2v) is 4.52. The zero-order valence-corrected chi connectivity index (χ0v) is 9.68. The Kier molecular flexibility index (Phi) is 4.52. The van der Waals surface area contributed by atoms with Crippen molar-refractivity contribution in [2.75, 3.05) is 6.61 Å². The lowest BCUT2D eigenvalue weighted by Gasteiger charge is -2.23. The minimum Gasteiger partial charge on any atom is -0.481 e. The first-order valence-corrected chi connectivity index (χ1v) is 5.56. The molecule has 1 aliphatic rings. The molecule has 1 N–H and O–H groups in total. The quantitative estimate of drug-likeness (QED) is 0.587. The van der Waals surface area contributed by atoms with Crippen LogP contribution in [-0.2, 0) is 14.3 Å². The van der Waals surface area contributed by atoms with Crippen molar-refractivity contribution in [1.29, 1.82) is 0 Å². The van der Waals surface area contributed by atoms with Crippen molar-refractivity contribution < 1.29 is 19.4 Å². The Hall–Kier alpha value is -1.32. The van der Waals surface area contributed by atoms with Crippen LogP contribution in [0.25, 0.3) is 0 Å². The van der Waals surface area contributed by atoms with E-state index in [0.717, 1.165) is 0 Å². The second kappa shape index (κ2) is 5.68. The summed E-state index contributed by atoms with van der Waals surface area (Å²) >= 11 is 0. The van der Waals surface area contributed by atoms with Gasteiger partial charge in [0.05, 0.1) is 18.4 Å². The van der Waals surface area contributed by atoms with Crippen LogP contribution in [0.1, 0.15) is 26.7 Å². The molecule has 0 aromatic heterocycles. The third-order valence-corrected chi connectivity index (χ3v) is 2.61. The Balaban J connectivity index is 2.58. The maximum absolute atomic E-state index is 11.7. The van der Waals surface area contributed by atoms with Crippen LogP contribution in [0.4, 0.5) is 0 Å². The van der Waals surface area contributed by atoms with E-state index in [2.05, 4.69) is 0 Å². The van der Waals surface area contributed by atoms with E-state index in [1.165, 1.54) is 0 Å². The molecule has 0 unspecified atom stereocenters. The van der Waals surface area contributed by atoms with Gasteiger partial charge in [0, 0.05) is 0 Å². The van der Waals surface area contributed by atoms with Crippen molar-refractivity contribution in [3.05, 3.63) is 12.2 Å². The van der Waals surface area contributed by atoms with Gasteiger partial charge in [-0.3, -0.25) is 9.59 Å². The predicted octanol–water partition coefficient (Wildman–Crippen LogP) is 1.85. The highest BCUT2D eigenvalue weighted by Crippen LogP contribution is 2.27. The van der Waals surface area contributed by atoms with Crippen molar-refractivity contribution in [3.8, 4) is 0 Å². The molecule has 0 heterocycles. The number of carbonyl (C=O) groups excluding carboxylic acids is 1. The van der Waals surface area contributed by atoms with Gasteiger partial charge in [-0.25, -0.2) is 0 Å². The smallest absolute Gasteiger partial charge is 0.310 e. The van der Waals surface area contributed by atoms with Crippen LogP contribution < -0.4 is 0 Å². The average molecular weight is 226 g/mol. The molecule has 1 aliphatic carbocycles. The highest BCUT2D eigenvalue weighted by atomic mass is 16.5. The molecule has 0 saturated heterocycles. The number of carbonyl (C=O) groups is 2. The van der Waals surface area contributed by atoms with Crippen molar-refractivity contribution in [1.82, 2.24) is 0 Å². The number of hydrogen-bond donors (Lipinski definition) is 1. The fraction of sp³-hybridized carbons (Fsp3) is 0.667. The first kappa shape index (κ1) is 12.7. The molecule has 0 aromatic carbocycles. The number of aliphatic carboxylic acids is 1. The molecule has 4 heteroatoms. The van der Waals surface area contributed by atoms with Crippen molar-refractivity contribution in [2.45, 2.75) is 26.7 Å². The van der Waals surface area contributed by atoms with E-state index in [1.807, 2.05) is 26.0 Å². The zero-order chi connectivity index (χ0) is 12.1. The number of carboxylic acids is 1. The number of carboxylic acid groups (broad SMARTS) is 1. The molecule has 4 nitrogen and oxygen atoms in total. The van der Waals surface area contributed by atoms with Crippen molar-refractivity contribution >= 4 is 11.9 Å². The van der Waals surface area contributed by atoms with E-state index in [0.29, 0.717) is 19.4 Å². The van der Waals surface area contributed by atoms with E-state index in [-0.39, 0.29) is 11.9 Å². The number of allylic oxidation sites excluding steroid dienone is 2. The summed E-state index contributed by atoms with van der Waals surface area (Å²) in [7, 11) is 0. The van der Waals surface area contributed by atoms with Gasteiger partial charge in [-0.15, -0.1) is 0 Å². The molecular weight excluding hydrogens is 208 g/mol. The molecule has 90 valence electrons. The fourth-order valence-electron chi connectivity index (χ4n) is 1.70. The van der Waals surface area contributed by atoms with E-state index >= 15 is 0 Å². The Morgan fingerprint density at radius 3 is 2.38 bits per heavy atom. The molecule has 16 heavy (non-hydrogen) atoms. The normalized spacial score (nSPS) is 24.4. The molecule has 0 fully saturated rings. The maximum Gasteiger partial charge on any atom is 0.310 e. The fourth-order valence-corrected chi connectivity index (χ4v) is 1.70. The van der Waals surface area contributed by atoms with Crippen LogP contribution in [0.5, 0.6) is 0 Å². The largest absolute Gasteiger partial charge is 0.481 e. The SMILES string of the molecule is CC(C)COC(=O)[C@@H]1CC=CC[C@@H]1C(=O)O. The summed E-state index contributed by atoms with van der Waals surface area (Å²) in [6.07, 6.45) is 4.54. The third-order valence-electron chi connectivity index (χ3n) is 2.61. The molecule has 0 aliphatic heterocycles. The number of ether oxygens (including phenoxy) is 1. The van der Waals surface area contributed by atoms with Gasteiger partial charge in [-0.2, -0.15) is 0 Å². The molecular formula is C12H18O4. The molecule has 0 aromatic rings. The molecule has 0 amide bonds. The van der Waals surface area contributed by atoms with Gasteiger partial charge in [0.2, 0.25) is 0 Å². The summed E-state index contributed by atoms with van der Waals surface area (Å²) in [5.41, 5.74) is 0. The lowest BCUT2D eigenvalue weighted by Crippen LogP contribution is -2.32. The standard InChI is InChI=1S/C12H18O4/c1-8(2)7-16-12(15)10-6-4-3-5-9(10)11(13)14/h3-4,8-10H,5-7H2,1-2H3,(H,13,14)/t9-,10+/m0/s1. The van der Waals surface area contributed by atoms with Gasteiger partial charge in [0.25, 0.3) is 0 Å². The van der Waals surface area contributed by atoms with Crippen LogP contribution in [0.3, 0.4) is 0 Å². The minimum atomic E-state index is -0.921. The number of hydrogen-bond acceptors (Lipinski definition) is 3. The number of rotatable bonds is 4. The molecule has 1 rings (SSSR count). The summed E-state index contributed by atoms with van der Waals surface area (Å²) in [5.74, 6) is -2.20. The summed E-state index contributed by atoms with van der Waals surface area (Å²) in [5, 5.41) is 8.99. The van der Waals surface area contributed by atoms with Gasteiger partial charge in [0.1, 0.15) is 0 Å². The summed E-state index contributed by atoms with van der Waals surface area (Å²) in [6, 6.07) is 0. The molecule has 0 saturated carbocycles. The first-order valence-electron chi connectivity index (χ1n) is 5.56. The Labute approximate surface area is 95.3 Å². The molecule has 0 radical (unpaired) electrons. The third kappa shape index (κ3) is 3.36. The summed E-state index contributed by atoms with van der Waals surface area (Å²) in [6.45, 7) is 4.25. The first-order chi connectivity index (χ1) is 7.52. The van der Waals surface area contributed by atoms with Gasteiger partial charge in [-0.05, 0) is 18.8 Å².